The molecule has 1 N–H and O–H groups in total. The molecule has 2 rings (SSSR count). The summed E-state index contributed by atoms with van der Waals surface area (Å²) in [7, 11) is 0. The normalized spacial score (nSPS) is 11.9. The second-order valence-electron chi connectivity index (χ2n) is 3.95. The van der Waals surface area contributed by atoms with Crippen molar-refractivity contribution in [3.63, 3.8) is 0 Å². The van der Waals surface area contributed by atoms with E-state index in [0.29, 0.717) is 5.56 Å². The third-order valence-electron chi connectivity index (χ3n) is 2.55. The standard InChI is InChI=1S/C13H10ClFN2O3/c1-7(9-3-2-4-10(15)11(9)14)20-8-5-16-12(13(18)19)17-6-8/h2-7H,1H3,(H,18,19). The number of carboxylic acid groups (broad SMARTS) is 1. The first-order chi connectivity index (χ1) is 9.49. The van der Waals surface area contributed by atoms with E-state index >= 15 is 0 Å². The average Bonchev–Trinajstić information content (AvgIpc) is 2.42. The largest absolute Gasteiger partial charge is 0.483 e. The molecule has 1 atom stereocenters. The van der Waals surface area contributed by atoms with Crippen LogP contribution in [0.15, 0.2) is 30.6 Å². The summed E-state index contributed by atoms with van der Waals surface area (Å²) < 4.78 is 18.8. The number of carboxylic acids is 1. The second kappa shape index (κ2) is 5.83. The molecular formula is C13H10ClFN2O3. The Balaban J connectivity index is 2.17. The van der Waals surface area contributed by atoms with Crippen molar-refractivity contribution < 1.29 is 19.0 Å². The fraction of sp³-hybridized carbons (Fsp3) is 0.154. The van der Waals surface area contributed by atoms with Gasteiger partial charge in [0.1, 0.15) is 11.9 Å². The van der Waals surface area contributed by atoms with Gasteiger partial charge in [-0.05, 0) is 13.0 Å². The summed E-state index contributed by atoms with van der Waals surface area (Å²) in [5, 5.41) is 8.67. The smallest absolute Gasteiger partial charge is 0.373 e. The van der Waals surface area contributed by atoms with Crippen molar-refractivity contribution in [3.05, 3.63) is 52.8 Å². The fourth-order valence-electron chi connectivity index (χ4n) is 1.59. The van der Waals surface area contributed by atoms with Gasteiger partial charge in [0.05, 0.1) is 17.4 Å². The Morgan fingerprint density at radius 2 is 2.05 bits per heavy atom. The Hall–Kier alpha value is -2.21. The number of hydrogen-bond acceptors (Lipinski definition) is 4. The van der Waals surface area contributed by atoms with Crippen LogP contribution in [0.25, 0.3) is 0 Å². The highest BCUT2D eigenvalue weighted by Gasteiger charge is 2.15. The topological polar surface area (TPSA) is 72.3 Å². The number of aromatic carboxylic acids is 1. The van der Waals surface area contributed by atoms with E-state index in [1.165, 1.54) is 24.5 Å². The second-order valence-corrected chi connectivity index (χ2v) is 4.33. The van der Waals surface area contributed by atoms with Gasteiger partial charge in [0, 0.05) is 5.56 Å². The predicted octanol–water partition coefficient (Wildman–Crippen LogP) is 3.11. The zero-order chi connectivity index (χ0) is 14.7. The Labute approximate surface area is 119 Å². The van der Waals surface area contributed by atoms with Gasteiger partial charge in [0.2, 0.25) is 5.82 Å². The van der Waals surface area contributed by atoms with Crippen LogP contribution in [0.3, 0.4) is 0 Å². The molecule has 1 heterocycles. The van der Waals surface area contributed by atoms with E-state index in [-0.39, 0.29) is 16.6 Å². The zero-order valence-corrected chi connectivity index (χ0v) is 11.1. The molecule has 0 fully saturated rings. The van der Waals surface area contributed by atoms with Crippen LogP contribution in [0.5, 0.6) is 5.75 Å². The minimum Gasteiger partial charge on any atom is -0.483 e. The van der Waals surface area contributed by atoms with Gasteiger partial charge in [-0.3, -0.25) is 0 Å². The quantitative estimate of drug-likeness (QED) is 0.938. The molecule has 0 aliphatic rings. The van der Waals surface area contributed by atoms with Crippen LogP contribution in [-0.2, 0) is 0 Å². The number of aromatic nitrogens is 2. The highest BCUT2D eigenvalue weighted by Crippen LogP contribution is 2.28. The Morgan fingerprint density at radius 1 is 1.40 bits per heavy atom. The molecule has 0 spiro atoms. The van der Waals surface area contributed by atoms with Crippen LogP contribution in [0, 0.1) is 5.82 Å². The molecule has 0 aliphatic heterocycles. The summed E-state index contributed by atoms with van der Waals surface area (Å²) in [5.41, 5.74) is 0.481. The molecule has 2 aromatic rings. The first-order valence-electron chi connectivity index (χ1n) is 5.65. The summed E-state index contributed by atoms with van der Waals surface area (Å²) in [6, 6.07) is 4.42. The number of nitrogens with zero attached hydrogens (tertiary/aromatic N) is 2. The molecule has 0 saturated heterocycles. The molecule has 7 heteroatoms. The summed E-state index contributed by atoms with van der Waals surface area (Å²) in [5.74, 6) is -1.81. The first kappa shape index (κ1) is 14.2. The average molecular weight is 297 g/mol. The number of hydrogen-bond donors (Lipinski definition) is 1. The van der Waals surface area contributed by atoms with Gasteiger partial charge >= 0.3 is 5.97 Å². The lowest BCUT2D eigenvalue weighted by Crippen LogP contribution is -2.07. The highest BCUT2D eigenvalue weighted by atomic mass is 35.5. The maximum absolute atomic E-state index is 13.3. The lowest BCUT2D eigenvalue weighted by atomic mass is 10.1. The van der Waals surface area contributed by atoms with Gasteiger partial charge in [-0.1, -0.05) is 23.7 Å². The van der Waals surface area contributed by atoms with Crippen LogP contribution in [0.4, 0.5) is 4.39 Å². The molecule has 1 aromatic carbocycles. The van der Waals surface area contributed by atoms with E-state index in [1.807, 2.05) is 0 Å². The highest BCUT2D eigenvalue weighted by molar-refractivity contribution is 6.31. The number of ether oxygens (including phenoxy) is 1. The van der Waals surface area contributed by atoms with Crippen molar-refractivity contribution in [1.82, 2.24) is 9.97 Å². The van der Waals surface area contributed by atoms with Crippen molar-refractivity contribution in [2.45, 2.75) is 13.0 Å². The van der Waals surface area contributed by atoms with Gasteiger partial charge in [-0.2, -0.15) is 0 Å². The fourth-order valence-corrected chi connectivity index (χ4v) is 1.87. The van der Waals surface area contributed by atoms with Crippen molar-refractivity contribution in [1.29, 1.82) is 0 Å². The van der Waals surface area contributed by atoms with Crippen LogP contribution >= 0.6 is 11.6 Å². The minimum atomic E-state index is -1.22. The molecule has 104 valence electrons. The molecule has 0 saturated carbocycles. The SMILES string of the molecule is CC(Oc1cnc(C(=O)O)nc1)c1cccc(F)c1Cl. The van der Waals surface area contributed by atoms with Crippen LogP contribution in [0.2, 0.25) is 5.02 Å². The lowest BCUT2D eigenvalue weighted by Gasteiger charge is -2.16. The van der Waals surface area contributed by atoms with E-state index in [9.17, 15) is 9.18 Å². The molecule has 0 bridgehead atoms. The van der Waals surface area contributed by atoms with E-state index in [0.717, 1.165) is 0 Å². The number of halogens is 2. The predicted molar refractivity (Wildman–Crippen MR) is 69.4 cm³/mol. The third kappa shape index (κ3) is 3.03. The first-order valence-corrected chi connectivity index (χ1v) is 6.02. The van der Waals surface area contributed by atoms with Gasteiger partial charge in [-0.15, -0.1) is 0 Å². The van der Waals surface area contributed by atoms with Gasteiger partial charge in [0.25, 0.3) is 0 Å². The zero-order valence-electron chi connectivity index (χ0n) is 10.4. The maximum atomic E-state index is 13.3. The van der Waals surface area contributed by atoms with E-state index < -0.39 is 17.9 Å². The van der Waals surface area contributed by atoms with E-state index in [2.05, 4.69) is 9.97 Å². The van der Waals surface area contributed by atoms with Crippen LogP contribution < -0.4 is 4.74 Å². The summed E-state index contributed by atoms with van der Waals surface area (Å²) in [4.78, 5) is 17.9. The van der Waals surface area contributed by atoms with Gasteiger partial charge in [0.15, 0.2) is 5.75 Å². The molecule has 0 aliphatic carbocycles. The van der Waals surface area contributed by atoms with Gasteiger partial charge in [-0.25, -0.2) is 19.2 Å². The Morgan fingerprint density at radius 3 is 2.65 bits per heavy atom. The van der Waals surface area contributed by atoms with Crippen molar-refractivity contribution in [3.8, 4) is 5.75 Å². The van der Waals surface area contributed by atoms with E-state index in [1.54, 1.807) is 13.0 Å². The van der Waals surface area contributed by atoms with Crippen LogP contribution in [-0.4, -0.2) is 21.0 Å². The summed E-state index contributed by atoms with van der Waals surface area (Å²) >= 11 is 5.86. The monoisotopic (exact) mass is 296 g/mol. The van der Waals surface area contributed by atoms with Crippen LogP contribution in [0.1, 0.15) is 29.2 Å². The number of carbonyl (C=O) groups is 1. The molecule has 0 amide bonds. The molecular weight excluding hydrogens is 287 g/mol. The van der Waals surface area contributed by atoms with Gasteiger partial charge < -0.3 is 9.84 Å². The maximum Gasteiger partial charge on any atom is 0.373 e. The number of rotatable bonds is 4. The van der Waals surface area contributed by atoms with E-state index in [4.69, 9.17) is 21.4 Å². The Kier molecular flexibility index (Phi) is 4.14. The lowest BCUT2D eigenvalue weighted by molar-refractivity contribution is 0.0683. The summed E-state index contributed by atoms with van der Waals surface area (Å²) in [6.07, 6.45) is 1.94. The molecule has 1 aromatic heterocycles. The van der Waals surface area contributed by atoms with Crippen molar-refractivity contribution in [2.24, 2.45) is 0 Å². The van der Waals surface area contributed by atoms with Crippen molar-refractivity contribution >= 4 is 17.6 Å². The molecule has 5 nitrogen and oxygen atoms in total. The molecule has 20 heavy (non-hydrogen) atoms. The third-order valence-corrected chi connectivity index (χ3v) is 2.95. The Bertz CT molecular complexity index is 634. The number of benzene rings is 1. The summed E-state index contributed by atoms with van der Waals surface area (Å²) in [6.45, 7) is 1.69. The van der Waals surface area contributed by atoms with Crippen molar-refractivity contribution in [2.75, 3.05) is 0 Å². The molecule has 1 unspecified atom stereocenters. The minimum absolute atomic E-state index is 0.0110. The molecule has 0 radical (unpaired) electrons.